The molecule has 1 N–H and O–H groups in total. The second-order valence-corrected chi connectivity index (χ2v) is 9.72. The van der Waals surface area contributed by atoms with Gasteiger partial charge in [-0.1, -0.05) is 42.0 Å². The molecule has 0 atom stereocenters. The lowest BCUT2D eigenvalue weighted by molar-refractivity contribution is -0.122. The molecular weight excluding hydrogens is 468 g/mol. The minimum atomic E-state index is -4.08. The van der Waals surface area contributed by atoms with Gasteiger partial charge >= 0.3 is 16.1 Å². The molecule has 1 aliphatic heterocycles. The van der Waals surface area contributed by atoms with E-state index in [1.54, 1.807) is 37.3 Å². The average molecular weight is 491 g/mol. The Kier molecular flexibility index (Phi) is 6.27. The maximum atomic E-state index is 13.2. The maximum Gasteiger partial charge on any atom is 0.339 e. The van der Waals surface area contributed by atoms with Gasteiger partial charge in [-0.2, -0.15) is 8.42 Å². The van der Waals surface area contributed by atoms with Gasteiger partial charge in [-0.25, -0.2) is 9.69 Å². The van der Waals surface area contributed by atoms with Gasteiger partial charge in [0.05, 0.1) is 5.69 Å². The molecule has 1 heterocycles. The summed E-state index contributed by atoms with van der Waals surface area (Å²) in [4.78, 5) is 39.1. The summed E-state index contributed by atoms with van der Waals surface area (Å²) < 4.78 is 30.5. The molecule has 35 heavy (non-hydrogen) atoms. The van der Waals surface area contributed by atoms with E-state index in [0.29, 0.717) is 16.8 Å². The highest BCUT2D eigenvalue weighted by atomic mass is 32.2. The topological polar surface area (TPSA) is 110 Å². The lowest BCUT2D eigenvalue weighted by atomic mass is 10.0. The highest BCUT2D eigenvalue weighted by molar-refractivity contribution is 7.87. The number of amides is 4. The van der Waals surface area contributed by atoms with Crippen LogP contribution in [0.4, 0.5) is 10.5 Å². The molecule has 1 saturated heterocycles. The molecule has 1 fully saturated rings. The van der Waals surface area contributed by atoms with Crippen molar-refractivity contribution < 1.29 is 27.0 Å². The molecule has 8 nitrogen and oxygen atoms in total. The van der Waals surface area contributed by atoms with Gasteiger partial charge < -0.3 is 4.18 Å². The standard InChI is InChI=1S/C26H22N2O6S/c1-16-8-11-21(12-9-16)35(32,33)34-20-6-4-5-19(14-20)15-22-24(29)27-26(31)28(25(22)30)23-13-17(2)7-10-18(23)3/h4-15H,1-3H3,(H,27,29,31)/b22-15-. The molecule has 0 aromatic heterocycles. The number of carbonyl (C=O) groups excluding carboxylic acids is 3. The Morgan fingerprint density at radius 3 is 2.26 bits per heavy atom. The fourth-order valence-corrected chi connectivity index (χ4v) is 4.46. The third kappa shape index (κ3) is 4.99. The fraction of sp³-hybridized carbons (Fsp3) is 0.115. The number of aryl methyl sites for hydroxylation is 3. The van der Waals surface area contributed by atoms with Gasteiger partial charge in [0.2, 0.25) is 0 Å². The van der Waals surface area contributed by atoms with Crippen LogP contribution in [-0.2, 0) is 19.7 Å². The van der Waals surface area contributed by atoms with Crippen molar-refractivity contribution in [3.8, 4) is 5.75 Å². The van der Waals surface area contributed by atoms with Crippen molar-refractivity contribution in [2.24, 2.45) is 0 Å². The second kappa shape index (κ2) is 9.19. The van der Waals surface area contributed by atoms with Crippen molar-refractivity contribution in [3.63, 3.8) is 0 Å². The summed E-state index contributed by atoms with van der Waals surface area (Å²) in [7, 11) is -4.08. The van der Waals surface area contributed by atoms with Crippen LogP contribution in [0.5, 0.6) is 5.75 Å². The fourth-order valence-electron chi connectivity index (χ4n) is 3.54. The highest BCUT2D eigenvalue weighted by Gasteiger charge is 2.37. The SMILES string of the molecule is Cc1ccc(S(=O)(=O)Oc2cccc(/C=C3/C(=O)NC(=O)N(c4cc(C)ccc4C)C3=O)c2)cc1. The smallest absolute Gasteiger partial charge is 0.339 e. The summed E-state index contributed by atoms with van der Waals surface area (Å²) in [6.07, 6.45) is 1.29. The Bertz CT molecular complexity index is 1490. The van der Waals surface area contributed by atoms with Crippen LogP contribution in [0.3, 0.4) is 0 Å². The predicted octanol–water partition coefficient (Wildman–Crippen LogP) is 4.05. The van der Waals surface area contributed by atoms with E-state index in [0.717, 1.165) is 16.0 Å². The molecule has 4 amide bonds. The molecule has 0 saturated carbocycles. The minimum Gasteiger partial charge on any atom is -0.379 e. The van der Waals surface area contributed by atoms with Crippen LogP contribution in [0.15, 0.2) is 77.2 Å². The van der Waals surface area contributed by atoms with Gasteiger partial charge in [-0.3, -0.25) is 14.9 Å². The quantitative estimate of drug-likeness (QED) is 0.328. The van der Waals surface area contributed by atoms with Gasteiger partial charge in [0.25, 0.3) is 11.8 Å². The summed E-state index contributed by atoms with van der Waals surface area (Å²) in [5.41, 5.74) is 2.87. The first-order valence-electron chi connectivity index (χ1n) is 10.6. The average Bonchev–Trinajstić information content (AvgIpc) is 2.79. The van der Waals surface area contributed by atoms with E-state index < -0.39 is 28.0 Å². The van der Waals surface area contributed by atoms with Crippen molar-refractivity contribution in [2.45, 2.75) is 25.7 Å². The van der Waals surface area contributed by atoms with E-state index in [1.165, 1.54) is 36.4 Å². The molecule has 0 aliphatic carbocycles. The lowest BCUT2D eigenvalue weighted by Gasteiger charge is -2.27. The number of nitrogens with zero attached hydrogens (tertiary/aromatic N) is 1. The van der Waals surface area contributed by atoms with Crippen molar-refractivity contribution in [2.75, 3.05) is 4.90 Å². The van der Waals surface area contributed by atoms with Crippen molar-refractivity contribution in [1.29, 1.82) is 0 Å². The zero-order chi connectivity index (χ0) is 25.3. The first kappa shape index (κ1) is 23.9. The first-order valence-corrected chi connectivity index (χ1v) is 12.1. The van der Waals surface area contributed by atoms with Crippen LogP contribution in [0.2, 0.25) is 0 Å². The van der Waals surface area contributed by atoms with E-state index >= 15 is 0 Å². The van der Waals surface area contributed by atoms with Crippen LogP contribution in [0.1, 0.15) is 22.3 Å². The van der Waals surface area contributed by atoms with Crippen molar-refractivity contribution in [3.05, 3.63) is 94.6 Å². The van der Waals surface area contributed by atoms with E-state index in [4.69, 9.17) is 4.18 Å². The number of hydrogen-bond donors (Lipinski definition) is 1. The number of anilines is 1. The van der Waals surface area contributed by atoms with E-state index in [1.807, 2.05) is 19.9 Å². The third-order valence-corrected chi connectivity index (χ3v) is 6.65. The number of rotatable bonds is 5. The number of hydrogen-bond acceptors (Lipinski definition) is 6. The Morgan fingerprint density at radius 1 is 0.857 bits per heavy atom. The number of nitrogens with one attached hydrogen (secondary N) is 1. The highest BCUT2D eigenvalue weighted by Crippen LogP contribution is 2.27. The van der Waals surface area contributed by atoms with Crippen molar-refractivity contribution in [1.82, 2.24) is 5.32 Å². The predicted molar refractivity (Wildman–Crippen MR) is 130 cm³/mol. The summed E-state index contributed by atoms with van der Waals surface area (Å²) in [5.74, 6) is -1.63. The number of carbonyl (C=O) groups is 3. The Labute approximate surface area is 203 Å². The number of benzene rings is 3. The molecule has 178 valence electrons. The molecule has 3 aromatic rings. The zero-order valence-corrected chi connectivity index (χ0v) is 20.0. The van der Waals surface area contributed by atoms with E-state index in [2.05, 4.69) is 5.32 Å². The van der Waals surface area contributed by atoms with Crippen LogP contribution >= 0.6 is 0 Å². The third-order valence-electron chi connectivity index (χ3n) is 5.39. The Morgan fingerprint density at radius 2 is 1.54 bits per heavy atom. The summed E-state index contributed by atoms with van der Waals surface area (Å²) in [6, 6.07) is 16.6. The molecule has 0 bridgehead atoms. The molecular formula is C26H22N2O6S. The Balaban J connectivity index is 1.66. The maximum absolute atomic E-state index is 13.2. The number of barbiturate groups is 1. The molecule has 0 radical (unpaired) electrons. The second-order valence-electron chi connectivity index (χ2n) is 8.17. The molecule has 0 unspecified atom stereocenters. The van der Waals surface area contributed by atoms with Crippen LogP contribution in [-0.4, -0.2) is 26.3 Å². The van der Waals surface area contributed by atoms with Gasteiger partial charge in [0, 0.05) is 0 Å². The Hall–Kier alpha value is -4.24. The van der Waals surface area contributed by atoms with E-state index in [-0.39, 0.29) is 16.2 Å². The summed E-state index contributed by atoms with van der Waals surface area (Å²) >= 11 is 0. The molecule has 0 spiro atoms. The van der Waals surface area contributed by atoms with Gasteiger partial charge in [-0.05, 0) is 73.9 Å². The minimum absolute atomic E-state index is 0.00336. The number of imide groups is 2. The first-order chi connectivity index (χ1) is 16.5. The van der Waals surface area contributed by atoms with Gasteiger partial charge in [0.1, 0.15) is 16.2 Å². The zero-order valence-electron chi connectivity index (χ0n) is 19.2. The normalized spacial score (nSPS) is 15.3. The summed E-state index contributed by atoms with van der Waals surface area (Å²) in [6.45, 7) is 5.42. The van der Waals surface area contributed by atoms with Crippen molar-refractivity contribution >= 4 is 39.7 Å². The number of urea groups is 1. The van der Waals surface area contributed by atoms with Crippen LogP contribution in [0, 0.1) is 20.8 Å². The van der Waals surface area contributed by atoms with Gasteiger partial charge in [0.15, 0.2) is 0 Å². The van der Waals surface area contributed by atoms with Gasteiger partial charge in [-0.15, -0.1) is 0 Å². The lowest BCUT2D eigenvalue weighted by Crippen LogP contribution is -2.54. The monoisotopic (exact) mass is 490 g/mol. The molecule has 4 rings (SSSR count). The molecule has 3 aromatic carbocycles. The largest absolute Gasteiger partial charge is 0.379 e. The summed E-state index contributed by atoms with van der Waals surface area (Å²) in [5, 5.41) is 2.19. The van der Waals surface area contributed by atoms with E-state index in [9.17, 15) is 22.8 Å². The molecule has 9 heteroatoms. The van der Waals surface area contributed by atoms with Crippen LogP contribution < -0.4 is 14.4 Å². The van der Waals surface area contributed by atoms with Crippen LogP contribution in [0.25, 0.3) is 6.08 Å². The molecule has 1 aliphatic rings.